The molecule has 1 fully saturated rings. The summed E-state index contributed by atoms with van der Waals surface area (Å²) < 4.78 is 0. The predicted octanol–water partition coefficient (Wildman–Crippen LogP) is 1.14. The van der Waals surface area contributed by atoms with Crippen LogP contribution in [0.15, 0.2) is 0 Å². The normalized spacial score (nSPS) is 26.7. The summed E-state index contributed by atoms with van der Waals surface area (Å²) in [6.45, 7) is 7.54. The number of hydrogen-bond donors (Lipinski definition) is 3. The first-order valence-corrected chi connectivity index (χ1v) is 6.51. The minimum Gasteiger partial charge on any atom is -0.351 e. The van der Waals surface area contributed by atoms with Crippen LogP contribution in [0.3, 0.4) is 0 Å². The van der Waals surface area contributed by atoms with E-state index in [1.54, 1.807) is 0 Å². The molecule has 1 aliphatic carbocycles. The topological polar surface area (TPSA) is 81.1 Å². The van der Waals surface area contributed by atoms with Gasteiger partial charge in [0, 0.05) is 17.6 Å². The molecule has 0 radical (unpaired) electrons. The molecule has 0 saturated heterocycles. The Kier molecular flexibility index (Phi) is 4.20. The standard InChI is InChI=1S/C13H27N3O/c1-12(2,13(3,4)15)11(17)16-10-8-6-5-7-9(10)14/h9-10H,5-8,14-15H2,1-4H3,(H,16,17). The second-order valence-electron chi connectivity index (χ2n) is 6.37. The van der Waals surface area contributed by atoms with Gasteiger partial charge in [0.25, 0.3) is 0 Å². The number of hydrogen-bond acceptors (Lipinski definition) is 3. The van der Waals surface area contributed by atoms with Gasteiger partial charge in [0.15, 0.2) is 0 Å². The molecule has 0 aromatic rings. The van der Waals surface area contributed by atoms with Crippen LogP contribution in [0, 0.1) is 5.41 Å². The number of nitrogens with one attached hydrogen (secondary N) is 1. The van der Waals surface area contributed by atoms with Crippen LogP contribution in [0.5, 0.6) is 0 Å². The van der Waals surface area contributed by atoms with Crippen molar-refractivity contribution in [3.05, 3.63) is 0 Å². The lowest BCUT2D eigenvalue weighted by Crippen LogP contribution is -2.59. The SMILES string of the molecule is CC(C)(N)C(C)(C)C(=O)NC1CCCCC1N. The molecule has 4 nitrogen and oxygen atoms in total. The van der Waals surface area contributed by atoms with Crippen LogP contribution in [0.25, 0.3) is 0 Å². The van der Waals surface area contributed by atoms with Crippen molar-refractivity contribution in [3.8, 4) is 0 Å². The van der Waals surface area contributed by atoms with Gasteiger partial charge in [0.1, 0.15) is 0 Å². The summed E-state index contributed by atoms with van der Waals surface area (Å²) in [7, 11) is 0. The fraction of sp³-hybridized carbons (Fsp3) is 0.923. The van der Waals surface area contributed by atoms with Crippen molar-refractivity contribution in [2.45, 2.75) is 71.0 Å². The Morgan fingerprint density at radius 3 is 2.18 bits per heavy atom. The zero-order chi connectivity index (χ0) is 13.3. The van der Waals surface area contributed by atoms with Gasteiger partial charge in [-0.25, -0.2) is 0 Å². The summed E-state index contributed by atoms with van der Waals surface area (Å²) in [5.74, 6) is 0.00681. The Hall–Kier alpha value is -0.610. The molecule has 1 rings (SSSR count). The van der Waals surface area contributed by atoms with Crippen molar-refractivity contribution < 1.29 is 4.79 Å². The minimum absolute atomic E-state index is 0.00681. The lowest BCUT2D eigenvalue weighted by Gasteiger charge is -2.39. The Morgan fingerprint density at radius 2 is 1.71 bits per heavy atom. The van der Waals surface area contributed by atoms with E-state index in [0.29, 0.717) is 0 Å². The molecule has 0 aliphatic heterocycles. The van der Waals surface area contributed by atoms with Crippen molar-refractivity contribution in [1.82, 2.24) is 5.32 Å². The second-order valence-corrected chi connectivity index (χ2v) is 6.37. The first-order valence-electron chi connectivity index (χ1n) is 6.51. The van der Waals surface area contributed by atoms with Gasteiger partial charge in [-0.1, -0.05) is 12.8 Å². The summed E-state index contributed by atoms with van der Waals surface area (Å²) >= 11 is 0. The average Bonchev–Trinajstić information content (AvgIpc) is 2.19. The quantitative estimate of drug-likeness (QED) is 0.693. The maximum atomic E-state index is 12.3. The van der Waals surface area contributed by atoms with Crippen LogP contribution in [-0.2, 0) is 4.79 Å². The van der Waals surface area contributed by atoms with Crippen LogP contribution < -0.4 is 16.8 Å². The molecule has 17 heavy (non-hydrogen) atoms. The smallest absolute Gasteiger partial charge is 0.227 e. The molecule has 1 saturated carbocycles. The molecule has 2 atom stereocenters. The molecular formula is C13H27N3O. The second kappa shape index (κ2) is 4.94. The average molecular weight is 241 g/mol. The monoisotopic (exact) mass is 241 g/mol. The summed E-state index contributed by atoms with van der Waals surface area (Å²) in [5.41, 5.74) is 11.0. The van der Waals surface area contributed by atoms with E-state index in [0.717, 1.165) is 19.3 Å². The fourth-order valence-electron chi connectivity index (χ4n) is 1.98. The van der Waals surface area contributed by atoms with Gasteiger partial charge in [0.2, 0.25) is 5.91 Å². The highest BCUT2D eigenvalue weighted by Crippen LogP contribution is 2.29. The Bertz CT molecular complexity index is 281. The van der Waals surface area contributed by atoms with Gasteiger partial charge in [-0.2, -0.15) is 0 Å². The Balaban J connectivity index is 2.65. The van der Waals surface area contributed by atoms with Crippen molar-refractivity contribution in [1.29, 1.82) is 0 Å². The van der Waals surface area contributed by atoms with E-state index < -0.39 is 11.0 Å². The highest BCUT2D eigenvalue weighted by molar-refractivity contribution is 5.83. The Labute approximate surface area is 105 Å². The van der Waals surface area contributed by atoms with Crippen LogP contribution >= 0.6 is 0 Å². The number of carbonyl (C=O) groups excluding carboxylic acids is 1. The lowest BCUT2D eigenvalue weighted by molar-refractivity contribution is -0.133. The van der Waals surface area contributed by atoms with Crippen LogP contribution in [-0.4, -0.2) is 23.5 Å². The first kappa shape index (κ1) is 14.5. The van der Waals surface area contributed by atoms with Crippen LogP contribution in [0.1, 0.15) is 53.4 Å². The maximum Gasteiger partial charge on any atom is 0.227 e. The van der Waals surface area contributed by atoms with Crippen molar-refractivity contribution in [2.75, 3.05) is 0 Å². The lowest BCUT2D eigenvalue weighted by atomic mass is 9.74. The van der Waals surface area contributed by atoms with E-state index in [2.05, 4.69) is 5.32 Å². The van der Waals surface area contributed by atoms with Gasteiger partial charge in [0.05, 0.1) is 5.41 Å². The molecule has 2 unspecified atom stereocenters. The maximum absolute atomic E-state index is 12.3. The zero-order valence-electron chi connectivity index (χ0n) is 11.5. The van der Waals surface area contributed by atoms with Crippen molar-refractivity contribution in [3.63, 3.8) is 0 Å². The van der Waals surface area contributed by atoms with Crippen molar-refractivity contribution in [2.24, 2.45) is 16.9 Å². The van der Waals surface area contributed by atoms with Crippen molar-refractivity contribution >= 4 is 5.91 Å². The van der Waals surface area contributed by atoms with E-state index >= 15 is 0 Å². The molecule has 1 amide bonds. The van der Waals surface area contributed by atoms with E-state index in [4.69, 9.17) is 11.5 Å². The van der Waals surface area contributed by atoms with Gasteiger partial charge in [-0.05, 0) is 40.5 Å². The van der Waals surface area contributed by atoms with Gasteiger partial charge >= 0.3 is 0 Å². The summed E-state index contributed by atoms with van der Waals surface area (Å²) in [4.78, 5) is 12.3. The summed E-state index contributed by atoms with van der Waals surface area (Å²) in [6, 6.07) is 0.197. The third kappa shape index (κ3) is 3.19. The fourth-order valence-corrected chi connectivity index (χ4v) is 1.98. The molecule has 1 aliphatic rings. The molecule has 0 aromatic heterocycles. The number of amides is 1. The minimum atomic E-state index is -0.593. The van der Waals surface area contributed by atoms with Gasteiger partial charge in [-0.3, -0.25) is 4.79 Å². The molecule has 0 spiro atoms. The van der Waals surface area contributed by atoms with Gasteiger partial charge in [-0.15, -0.1) is 0 Å². The molecule has 0 heterocycles. The molecule has 5 N–H and O–H groups in total. The zero-order valence-corrected chi connectivity index (χ0v) is 11.5. The number of carbonyl (C=O) groups is 1. The highest BCUT2D eigenvalue weighted by Gasteiger charge is 2.41. The van der Waals surface area contributed by atoms with E-state index in [9.17, 15) is 4.79 Å². The van der Waals surface area contributed by atoms with Crippen LogP contribution in [0.2, 0.25) is 0 Å². The Morgan fingerprint density at radius 1 is 1.18 bits per heavy atom. The molecule has 4 heteroatoms. The molecule has 100 valence electrons. The summed E-state index contributed by atoms with van der Waals surface area (Å²) in [6.07, 6.45) is 4.29. The summed E-state index contributed by atoms with van der Waals surface area (Å²) in [5, 5.41) is 3.07. The molecule has 0 bridgehead atoms. The van der Waals surface area contributed by atoms with Crippen LogP contribution in [0.4, 0.5) is 0 Å². The first-order chi connectivity index (χ1) is 7.66. The predicted molar refractivity (Wildman–Crippen MR) is 70.4 cm³/mol. The largest absolute Gasteiger partial charge is 0.351 e. The van der Waals surface area contributed by atoms with E-state index in [1.165, 1.54) is 6.42 Å². The third-order valence-electron chi connectivity index (χ3n) is 4.31. The molecular weight excluding hydrogens is 214 g/mol. The number of nitrogens with two attached hydrogens (primary N) is 2. The van der Waals surface area contributed by atoms with Gasteiger partial charge < -0.3 is 16.8 Å². The third-order valence-corrected chi connectivity index (χ3v) is 4.31. The van der Waals surface area contributed by atoms with E-state index in [1.807, 2.05) is 27.7 Å². The highest BCUT2D eigenvalue weighted by atomic mass is 16.2. The van der Waals surface area contributed by atoms with E-state index in [-0.39, 0.29) is 18.0 Å². The number of rotatable bonds is 3. The molecule has 0 aromatic carbocycles.